The fourth-order valence-electron chi connectivity index (χ4n) is 1.14. The van der Waals surface area contributed by atoms with E-state index in [2.05, 4.69) is 11.9 Å². The highest BCUT2D eigenvalue weighted by Crippen LogP contribution is 2.23. The molecule has 1 heterocycles. The molecule has 1 rings (SSSR count). The van der Waals surface area contributed by atoms with Crippen LogP contribution in [0.25, 0.3) is 0 Å². The van der Waals surface area contributed by atoms with Crippen LogP contribution < -0.4 is 5.32 Å². The first kappa shape index (κ1) is 7.73. The standard InChI is InChI=1S/C8H14FN/c1-2-3-4-5-8(9)6-10-7-8/h2,10H,1,3-7H2. The largest absolute Gasteiger partial charge is 0.310 e. The predicted octanol–water partition coefficient (Wildman–Crippen LogP) is 1.65. The summed E-state index contributed by atoms with van der Waals surface area (Å²) in [4.78, 5) is 0. The van der Waals surface area contributed by atoms with Gasteiger partial charge in [-0.15, -0.1) is 6.58 Å². The van der Waals surface area contributed by atoms with Crippen LogP contribution in [0.2, 0.25) is 0 Å². The number of alkyl halides is 1. The molecule has 1 fully saturated rings. The first-order valence-electron chi connectivity index (χ1n) is 3.77. The molecule has 0 aliphatic carbocycles. The van der Waals surface area contributed by atoms with Gasteiger partial charge in [0, 0.05) is 13.1 Å². The Labute approximate surface area is 61.3 Å². The number of hydrogen-bond acceptors (Lipinski definition) is 1. The summed E-state index contributed by atoms with van der Waals surface area (Å²) in [6.07, 6.45) is 4.40. The van der Waals surface area contributed by atoms with Crippen molar-refractivity contribution < 1.29 is 4.39 Å². The Balaban J connectivity index is 2.06. The van der Waals surface area contributed by atoms with E-state index < -0.39 is 5.67 Å². The number of nitrogens with one attached hydrogen (secondary N) is 1. The minimum atomic E-state index is -0.886. The molecular weight excluding hydrogens is 129 g/mol. The van der Waals surface area contributed by atoms with E-state index in [0.717, 1.165) is 12.8 Å². The smallest absolute Gasteiger partial charge is 0.135 e. The molecule has 0 bridgehead atoms. The lowest BCUT2D eigenvalue weighted by molar-refractivity contribution is 0.0784. The highest BCUT2D eigenvalue weighted by Gasteiger charge is 2.35. The van der Waals surface area contributed by atoms with Gasteiger partial charge in [-0.25, -0.2) is 4.39 Å². The van der Waals surface area contributed by atoms with Gasteiger partial charge in [0.2, 0.25) is 0 Å². The van der Waals surface area contributed by atoms with Gasteiger partial charge in [-0.1, -0.05) is 6.08 Å². The summed E-state index contributed by atoms with van der Waals surface area (Å²) in [5.41, 5.74) is -0.886. The quantitative estimate of drug-likeness (QED) is 0.466. The minimum absolute atomic E-state index is 0.546. The Morgan fingerprint density at radius 3 is 2.70 bits per heavy atom. The zero-order chi connectivity index (χ0) is 7.45. The van der Waals surface area contributed by atoms with Crippen molar-refractivity contribution in [1.82, 2.24) is 5.32 Å². The SMILES string of the molecule is C=CCCCC1(F)CNC1. The summed E-state index contributed by atoms with van der Waals surface area (Å²) in [6.45, 7) is 4.68. The Hall–Kier alpha value is -0.370. The summed E-state index contributed by atoms with van der Waals surface area (Å²) < 4.78 is 13.1. The fourth-order valence-corrected chi connectivity index (χ4v) is 1.14. The van der Waals surface area contributed by atoms with Gasteiger partial charge in [0.1, 0.15) is 5.67 Å². The van der Waals surface area contributed by atoms with Crippen molar-refractivity contribution in [1.29, 1.82) is 0 Å². The van der Waals surface area contributed by atoms with Gasteiger partial charge in [0.25, 0.3) is 0 Å². The van der Waals surface area contributed by atoms with Crippen molar-refractivity contribution in [2.45, 2.75) is 24.9 Å². The molecule has 58 valence electrons. The third kappa shape index (κ3) is 1.81. The molecule has 0 saturated carbocycles. The van der Waals surface area contributed by atoms with Crippen molar-refractivity contribution >= 4 is 0 Å². The van der Waals surface area contributed by atoms with Crippen LogP contribution >= 0.6 is 0 Å². The Bertz CT molecular complexity index is 118. The van der Waals surface area contributed by atoms with Gasteiger partial charge < -0.3 is 5.32 Å². The molecule has 10 heavy (non-hydrogen) atoms. The summed E-state index contributed by atoms with van der Waals surface area (Å²) in [5.74, 6) is 0. The van der Waals surface area contributed by atoms with Crippen molar-refractivity contribution in [3.63, 3.8) is 0 Å². The summed E-state index contributed by atoms with van der Waals surface area (Å²) >= 11 is 0. The average molecular weight is 143 g/mol. The zero-order valence-electron chi connectivity index (χ0n) is 6.20. The monoisotopic (exact) mass is 143 g/mol. The number of unbranched alkanes of at least 4 members (excludes halogenated alkanes) is 1. The van der Waals surface area contributed by atoms with Crippen molar-refractivity contribution in [2.75, 3.05) is 13.1 Å². The molecule has 0 aromatic heterocycles. The van der Waals surface area contributed by atoms with Crippen LogP contribution in [0.5, 0.6) is 0 Å². The molecule has 0 spiro atoms. The third-order valence-electron chi connectivity index (χ3n) is 1.92. The van der Waals surface area contributed by atoms with Crippen LogP contribution in [-0.2, 0) is 0 Å². The van der Waals surface area contributed by atoms with Crippen LogP contribution in [0.3, 0.4) is 0 Å². The lowest BCUT2D eigenvalue weighted by Gasteiger charge is -2.34. The average Bonchev–Trinajstić information content (AvgIpc) is 1.85. The molecule has 1 aliphatic rings. The molecule has 0 atom stereocenters. The second-order valence-corrected chi connectivity index (χ2v) is 2.94. The molecular formula is C8H14FN. The van der Waals surface area contributed by atoms with Crippen LogP contribution in [0.1, 0.15) is 19.3 Å². The highest BCUT2D eigenvalue weighted by atomic mass is 19.1. The number of halogens is 1. The highest BCUT2D eigenvalue weighted by molar-refractivity contribution is 4.93. The number of allylic oxidation sites excluding steroid dienone is 1. The lowest BCUT2D eigenvalue weighted by Crippen LogP contribution is -2.56. The molecule has 1 nitrogen and oxygen atoms in total. The molecule has 1 aliphatic heterocycles. The predicted molar refractivity (Wildman–Crippen MR) is 40.8 cm³/mol. The Kier molecular flexibility index (Phi) is 2.44. The van der Waals surface area contributed by atoms with E-state index in [0.29, 0.717) is 19.5 Å². The Morgan fingerprint density at radius 1 is 1.60 bits per heavy atom. The van der Waals surface area contributed by atoms with Gasteiger partial charge in [-0.05, 0) is 19.3 Å². The van der Waals surface area contributed by atoms with E-state index in [1.165, 1.54) is 0 Å². The van der Waals surface area contributed by atoms with Gasteiger partial charge >= 0.3 is 0 Å². The molecule has 0 radical (unpaired) electrons. The molecule has 1 N–H and O–H groups in total. The van der Waals surface area contributed by atoms with Crippen LogP contribution in [0, 0.1) is 0 Å². The lowest BCUT2D eigenvalue weighted by atomic mass is 9.93. The second kappa shape index (κ2) is 3.15. The van der Waals surface area contributed by atoms with Crippen molar-refractivity contribution in [3.8, 4) is 0 Å². The Morgan fingerprint density at radius 2 is 2.30 bits per heavy atom. The first-order valence-corrected chi connectivity index (χ1v) is 3.77. The normalized spacial score (nSPS) is 21.7. The van der Waals surface area contributed by atoms with Crippen molar-refractivity contribution in [3.05, 3.63) is 12.7 Å². The van der Waals surface area contributed by atoms with Gasteiger partial charge in [-0.2, -0.15) is 0 Å². The zero-order valence-corrected chi connectivity index (χ0v) is 6.20. The van der Waals surface area contributed by atoms with E-state index in [1.54, 1.807) is 0 Å². The number of rotatable bonds is 4. The van der Waals surface area contributed by atoms with Crippen LogP contribution in [0.4, 0.5) is 4.39 Å². The van der Waals surface area contributed by atoms with Crippen LogP contribution in [0.15, 0.2) is 12.7 Å². The second-order valence-electron chi connectivity index (χ2n) is 2.94. The van der Waals surface area contributed by atoms with E-state index in [-0.39, 0.29) is 0 Å². The maximum absolute atomic E-state index is 13.1. The van der Waals surface area contributed by atoms with Gasteiger partial charge in [-0.3, -0.25) is 0 Å². The van der Waals surface area contributed by atoms with E-state index in [1.807, 2.05) is 6.08 Å². The maximum atomic E-state index is 13.1. The topological polar surface area (TPSA) is 12.0 Å². The maximum Gasteiger partial charge on any atom is 0.135 e. The molecule has 1 saturated heterocycles. The van der Waals surface area contributed by atoms with Gasteiger partial charge in [0.15, 0.2) is 0 Å². The third-order valence-corrected chi connectivity index (χ3v) is 1.92. The molecule has 0 aromatic carbocycles. The minimum Gasteiger partial charge on any atom is -0.310 e. The first-order chi connectivity index (χ1) is 4.77. The molecule has 2 heteroatoms. The van der Waals surface area contributed by atoms with E-state index in [4.69, 9.17) is 0 Å². The number of hydrogen-bond donors (Lipinski definition) is 1. The van der Waals surface area contributed by atoms with Crippen molar-refractivity contribution in [2.24, 2.45) is 0 Å². The summed E-state index contributed by atoms with van der Waals surface area (Å²) in [7, 11) is 0. The molecule has 0 aromatic rings. The van der Waals surface area contributed by atoms with E-state index in [9.17, 15) is 4.39 Å². The molecule has 0 unspecified atom stereocenters. The summed E-state index contributed by atoms with van der Waals surface area (Å²) in [5, 5.41) is 2.93. The molecule has 0 amide bonds. The van der Waals surface area contributed by atoms with E-state index >= 15 is 0 Å². The fraction of sp³-hybridized carbons (Fsp3) is 0.750. The summed E-state index contributed by atoms with van der Waals surface area (Å²) in [6, 6.07) is 0. The van der Waals surface area contributed by atoms with Crippen LogP contribution in [-0.4, -0.2) is 18.8 Å². The van der Waals surface area contributed by atoms with Gasteiger partial charge in [0.05, 0.1) is 0 Å².